The number of aromatic nitrogens is 2. The van der Waals surface area contributed by atoms with E-state index in [1.165, 1.54) is 23.0 Å². The molecule has 7 heteroatoms. The van der Waals surface area contributed by atoms with Crippen LogP contribution in [0.2, 0.25) is 0 Å². The summed E-state index contributed by atoms with van der Waals surface area (Å²) < 4.78 is 14.9. The van der Waals surface area contributed by atoms with E-state index in [9.17, 15) is 14.3 Å². The number of carboxylic acids is 1. The van der Waals surface area contributed by atoms with E-state index >= 15 is 0 Å². The molecule has 2 heterocycles. The van der Waals surface area contributed by atoms with Gasteiger partial charge in [-0.2, -0.15) is 0 Å². The molecule has 0 spiro atoms. The Hall–Kier alpha value is -3.16. The standard InChI is InChI=1S/C26H24FN3O2S/c1-25(2,24(31)32)28-15-16-8-9-18(19(27)14-16)22-29-20-10-11-21(30-23(20)33-22)26(12-13-26)17-6-4-3-5-7-17/h3-11,14,28H,12-13,15H2,1-2H3,(H,31,32). The molecule has 1 saturated carbocycles. The van der Waals surface area contributed by atoms with Crippen LogP contribution in [0.4, 0.5) is 4.39 Å². The van der Waals surface area contributed by atoms with Crippen molar-refractivity contribution >= 4 is 27.7 Å². The van der Waals surface area contributed by atoms with Gasteiger partial charge >= 0.3 is 5.97 Å². The smallest absolute Gasteiger partial charge is 0.323 e. The Morgan fingerprint density at radius 2 is 1.88 bits per heavy atom. The molecule has 1 aliphatic rings. The highest BCUT2D eigenvalue weighted by Gasteiger charge is 2.47. The summed E-state index contributed by atoms with van der Waals surface area (Å²) in [5.74, 6) is -1.34. The van der Waals surface area contributed by atoms with Crippen LogP contribution in [-0.4, -0.2) is 26.6 Å². The summed E-state index contributed by atoms with van der Waals surface area (Å²) in [4.78, 5) is 21.6. The van der Waals surface area contributed by atoms with E-state index < -0.39 is 11.5 Å². The molecular weight excluding hydrogens is 437 g/mol. The molecule has 2 N–H and O–H groups in total. The van der Waals surface area contributed by atoms with Crippen molar-refractivity contribution in [2.24, 2.45) is 0 Å². The lowest BCUT2D eigenvalue weighted by molar-refractivity contribution is -0.143. The molecule has 0 amide bonds. The highest BCUT2D eigenvalue weighted by Crippen LogP contribution is 2.53. The molecule has 1 fully saturated rings. The zero-order chi connectivity index (χ0) is 23.2. The minimum absolute atomic E-state index is 0.0246. The van der Waals surface area contributed by atoms with E-state index in [4.69, 9.17) is 4.98 Å². The number of rotatable bonds is 7. The fourth-order valence-corrected chi connectivity index (χ4v) is 4.98. The normalized spacial score (nSPS) is 15.0. The minimum Gasteiger partial charge on any atom is -0.480 e. The van der Waals surface area contributed by atoms with Gasteiger partial charge in [-0.1, -0.05) is 47.7 Å². The third-order valence-corrected chi connectivity index (χ3v) is 7.35. The van der Waals surface area contributed by atoms with Crippen LogP contribution in [0.25, 0.3) is 20.9 Å². The first-order valence-corrected chi connectivity index (χ1v) is 11.7. The van der Waals surface area contributed by atoms with Crippen LogP contribution in [0, 0.1) is 5.82 Å². The van der Waals surface area contributed by atoms with Crippen LogP contribution in [0.5, 0.6) is 0 Å². The summed E-state index contributed by atoms with van der Waals surface area (Å²) in [6.07, 6.45) is 2.15. The van der Waals surface area contributed by atoms with E-state index in [1.54, 1.807) is 26.0 Å². The monoisotopic (exact) mass is 461 g/mol. The molecule has 5 rings (SSSR count). The number of halogens is 1. The van der Waals surface area contributed by atoms with Crippen LogP contribution < -0.4 is 5.32 Å². The van der Waals surface area contributed by atoms with Crippen LogP contribution in [0.15, 0.2) is 60.7 Å². The van der Waals surface area contributed by atoms with Crippen molar-refractivity contribution in [3.63, 3.8) is 0 Å². The molecule has 0 aliphatic heterocycles. The maximum Gasteiger partial charge on any atom is 0.323 e. The van der Waals surface area contributed by atoms with Crippen molar-refractivity contribution < 1.29 is 14.3 Å². The molecule has 0 unspecified atom stereocenters. The number of nitrogens with one attached hydrogen (secondary N) is 1. The quantitative estimate of drug-likeness (QED) is 0.379. The molecule has 2 aromatic carbocycles. The number of pyridine rings is 1. The number of carboxylic acid groups (broad SMARTS) is 1. The van der Waals surface area contributed by atoms with Gasteiger partial charge in [0.1, 0.15) is 26.7 Å². The Bertz CT molecular complexity index is 1350. The molecule has 2 aromatic heterocycles. The Labute approximate surface area is 195 Å². The van der Waals surface area contributed by atoms with Gasteiger partial charge in [0.05, 0.1) is 5.69 Å². The van der Waals surface area contributed by atoms with Crippen molar-refractivity contribution in [1.82, 2.24) is 15.3 Å². The number of hydrogen-bond donors (Lipinski definition) is 2. The number of fused-ring (bicyclic) bond motifs is 1. The topological polar surface area (TPSA) is 75.1 Å². The lowest BCUT2D eigenvalue weighted by atomic mass is 9.92. The first-order valence-electron chi connectivity index (χ1n) is 10.9. The lowest BCUT2D eigenvalue weighted by Crippen LogP contribution is -2.46. The Morgan fingerprint density at radius 3 is 2.55 bits per heavy atom. The molecular formula is C26H24FN3O2S. The number of carbonyl (C=O) groups is 1. The zero-order valence-corrected chi connectivity index (χ0v) is 19.2. The average molecular weight is 462 g/mol. The predicted octanol–water partition coefficient (Wildman–Crippen LogP) is 5.53. The second-order valence-corrected chi connectivity index (χ2v) is 10.1. The molecule has 33 heavy (non-hydrogen) atoms. The van der Waals surface area contributed by atoms with Crippen LogP contribution >= 0.6 is 11.3 Å². The number of benzene rings is 2. The lowest BCUT2D eigenvalue weighted by Gasteiger charge is -2.21. The van der Waals surface area contributed by atoms with Gasteiger partial charge < -0.3 is 5.11 Å². The van der Waals surface area contributed by atoms with Gasteiger partial charge in [-0.05, 0) is 62.1 Å². The summed E-state index contributed by atoms with van der Waals surface area (Å²) in [5, 5.41) is 12.7. The summed E-state index contributed by atoms with van der Waals surface area (Å²) in [5.41, 5.74) is 3.06. The fraction of sp³-hybridized carbons (Fsp3) is 0.269. The maximum absolute atomic E-state index is 14.9. The second kappa shape index (κ2) is 8.01. The van der Waals surface area contributed by atoms with Gasteiger partial charge in [0.15, 0.2) is 0 Å². The summed E-state index contributed by atoms with van der Waals surface area (Å²) in [6, 6.07) is 19.4. The predicted molar refractivity (Wildman–Crippen MR) is 128 cm³/mol. The van der Waals surface area contributed by atoms with Crippen molar-refractivity contribution in [3.8, 4) is 10.6 Å². The van der Waals surface area contributed by atoms with Gasteiger partial charge in [-0.25, -0.2) is 14.4 Å². The Balaban J connectivity index is 1.41. The molecule has 0 radical (unpaired) electrons. The average Bonchev–Trinajstić information content (AvgIpc) is 3.51. The van der Waals surface area contributed by atoms with Crippen molar-refractivity contribution in [2.75, 3.05) is 0 Å². The van der Waals surface area contributed by atoms with E-state index in [2.05, 4.69) is 34.6 Å². The number of aliphatic carboxylic acids is 1. The maximum atomic E-state index is 14.9. The number of thiazole rings is 1. The van der Waals surface area contributed by atoms with Gasteiger partial charge in [-0.15, -0.1) is 0 Å². The Morgan fingerprint density at radius 1 is 1.12 bits per heavy atom. The van der Waals surface area contributed by atoms with Gasteiger partial charge in [0.25, 0.3) is 0 Å². The first-order chi connectivity index (χ1) is 15.8. The summed E-state index contributed by atoms with van der Waals surface area (Å²) in [6.45, 7) is 3.40. The van der Waals surface area contributed by atoms with Gasteiger partial charge in [0, 0.05) is 17.5 Å². The van der Waals surface area contributed by atoms with Crippen molar-refractivity contribution in [3.05, 3.63) is 83.3 Å². The van der Waals surface area contributed by atoms with E-state index in [-0.39, 0.29) is 17.8 Å². The summed E-state index contributed by atoms with van der Waals surface area (Å²) in [7, 11) is 0. The molecule has 5 nitrogen and oxygen atoms in total. The highest BCUT2D eigenvalue weighted by molar-refractivity contribution is 7.21. The third-order valence-electron chi connectivity index (χ3n) is 6.36. The van der Waals surface area contributed by atoms with E-state index in [1.807, 2.05) is 18.2 Å². The fourth-order valence-electron chi connectivity index (χ4n) is 4.01. The first kappa shape index (κ1) is 21.7. The number of hydrogen-bond acceptors (Lipinski definition) is 5. The molecule has 0 bridgehead atoms. The van der Waals surface area contributed by atoms with Crippen molar-refractivity contribution in [1.29, 1.82) is 0 Å². The van der Waals surface area contributed by atoms with Gasteiger partial charge in [0.2, 0.25) is 0 Å². The molecule has 168 valence electrons. The van der Waals surface area contributed by atoms with Crippen LogP contribution in [-0.2, 0) is 16.8 Å². The zero-order valence-electron chi connectivity index (χ0n) is 18.4. The molecule has 4 aromatic rings. The van der Waals surface area contributed by atoms with Crippen LogP contribution in [0.3, 0.4) is 0 Å². The van der Waals surface area contributed by atoms with E-state index in [0.29, 0.717) is 16.1 Å². The molecule has 0 atom stereocenters. The van der Waals surface area contributed by atoms with E-state index in [0.717, 1.165) is 28.9 Å². The molecule has 0 saturated heterocycles. The largest absolute Gasteiger partial charge is 0.480 e. The SMILES string of the molecule is CC(C)(NCc1ccc(-c2nc3ccc(C4(c5ccccc5)CC4)nc3s2)c(F)c1)C(=O)O. The Kier molecular flexibility index (Phi) is 5.26. The third kappa shape index (κ3) is 4.03. The van der Waals surface area contributed by atoms with Gasteiger partial charge in [-0.3, -0.25) is 10.1 Å². The van der Waals surface area contributed by atoms with Crippen molar-refractivity contribution in [2.45, 2.75) is 44.2 Å². The van der Waals surface area contributed by atoms with Crippen LogP contribution in [0.1, 0.15) is 43.5 Å². The minimum atomic E-state index is -1.09. The molecule has 1 aliphatic carbocycles. The number of nitrogens with zero attached hydrogens (tertiary/aromatic N) is 2. The second-order valence-electron chi connectivity index (χ2n) is 9.09. The highest BCUT2D eigenvalue weighted by atomic mass is 32.1. The summed E-state index contributed by atoms with van der Waals surface area (Å²) >= 11 is 1.39.